The molecule has 3 N–H and O–H groups in total. The predicted molar refractivity (Wildman–Crippen MR) is 59.5 cm³/mol. The SMILES string of the molecule is C#CCCOc1cc(NN)nc(COC)n1. The van der Waals surface area contributed by atoms with Gasteiger partial charge in [-0.1, -0.05) is 0 Å². The van der Waals surface area contributed by atoms with Gasteiger partial charge in [-0.05, 0) is 0 Å². The Morgan fingerprint density at radius 2 is 2.38 bits per heavy atom. The van der Waals surface area contributed by atoms with Gasteiger partial charge in [0.1, 0.15) is 19.0 Å². The van der Waals surface area contributed by atoms with Crippen LogP contribution in [0, 0.1) is 12.3 Å². The highest BCUT2D eigenvalue weighted by Gasteiger charge is 2.04. The van der Waals surface area contributed by atoms with Crippen LogP contribution < -0.4 is 16.0 Å². The molecule has 6 nitrogen and oxygen atoms in total. The molecular formula is C10H14N4O2. The van der Waals surface area contributed by atoms with E-state index in [4.69, 9.17) is 21.7 Å². The van der Waals surface area contributed by atoms with E-state index in [2.05, 4.69) is 21.3 Å². The summed E-state index contributed by atoms with van der Waals surface area (Å²) in [6.07, 6.45) is 5.63. The summed E-state index contributed by atoms with van der Waals surface area (Å²) in [7, 11) is 1.56. The molecule has 0 aliphatic rings. The molecule has 0 aliphatic carbocycles. The summed E-state index contributed by atoms with van der Waals surface area (Å²) in [5, 5.41) is 0. The Kier molecular flexibility index (Phi) is 5.05. The molecule has 0 saturated heterocycles. The molecule has 0 fully saturated rings. The molecule has 1 aromatic rings. The summed E-state index contributed by atoms with van der Waals surface area (Å²) in [4.78, 5) is 8.20. The minimum absolute atomic E-state index is 0.293. The average molecular weight is 222 g/mol. The van der Waals surface area contributed by atoms with Gasteiger partial charge in [0.2, 0.25) is 5.88 Å². The topological polar surface area (TPSA) is 82.3 Å². The average Bonchev–Trinajstić information content (AvgIpc) is 2.29. The fraction of sp³-hybridized carbons (Fsp3) is 0.400. The van der Waals surface area contributed by atoms with Crippen molar-refractivity contribution in [2.24, 2.45) is 5.84 Å². The van der Waals surface area contributed by atoms with Gasteiger partial charge in [-0.25, -0.2) is 10.8 Å². The lowest BCUT2D eigenvalue weighted by Crippen LogP contribution is -2.12. The van der Waals surface area contributed by atoms with Crippen molar-refractivity contribution in [1.29, 1.82) is 0 Å². The van der Waals surface area contributed by atoms with Gasteiger partial charge in [-0.15, -0.1) is 12.3 Å². The van der Waals surface area contributed by atoms with Crippen molar-refractivity contribution in [2.45, 2.75) is 13.0 Å². The van der Waals surface area contributed by atoms with Crippen LogP contribution in [0.2, 0.25) is 0 Å². The van der Waals surface area contributed by atoms with Gasteiger partial charge in [0.25, 0.3) is 0 Å². The lowest BCUT2D eigenvalue weighted by molar-refractivity contribution is 0.176. The van der Waals surface area contributed by atoms with Crippen molar-refractivity contribution in [3.05, 3.63) is 11.9 Å². The number of aromatic nitrogens is 2. The van der Waals surface area contributed by atoms with E-state index in [1.54, 1.807) is 13.2 Å². The molecule has 6 heteroatoms. The van der Waals surface area contributed by atoms with Gasteiger partial charge in [-0.3, -0.25) is 0 Å². The van der Waals surface area contributed by atoms with Gasteiger partial charge >= 0.3 is 0 Å². The molecule has 0 atom stereocenters. The third kappa shape index (κ3) is 3.73. The molecule has 0 amide bonds. The first kappa shape index (κ1) is 12.2. The van der Waals surface area contributed by atoms with Crippen molar-refractivity contribution in [2.75, 3.05) is 19.1 Å². The number of hydrogen-bond acceptors (Lipinski definition) is 6. The summed E-state index contributed by atoms with van der Waals surface area (Å²) in [5.74, 6) is 9.13. The molecule has 0 saturated carbocycles. The third-order valence-electron chi connectivity index (χ3n) is 1.67. The van der Waals surface area contributed by atoms with Crippen molar-refractivity contribution in [3.63, 3.8) is 0 Å². The van der Waals surface area contributed by atoms with Crippen LogP contribution in [0.25, 0.3) is 0 Å². The number of nitrogen functional groups attached to an aromatic ring is 1. The molecule has 0 unspecified atom stereocenters. The molecule has 0 spiro atoms. The zero-order valence-corrected chi connectivity index (χ0v) is 9.06. The van der Waals surface area contributed by atoms with Crippen LogP contribution in [0.3, 0.4) is 0 Å². The number of ether oxygens (including phenoxy) is 2. The Labute approximate surface area is 94.1 Å². The van der Waals surface area contributed by atoms with E-state index in [9.17, 15) is 0 Å². The van der Waals surface area contributed by atoms with Gasteiger partial charge in [-0.2, -0.15) is 4.98 Å². The minimum Gasteiger partial charge on any atom is -0.477 e. The van der Waals surface area contributed by atoms with Gasteiger partial charge < -0.3 is 14.9 Å². The van der Waals surface area contributed by atoms with E-state index >= 15 is 0 Å². The summed E-state index contributed by atoms with van der Waals surface area (Å²) in [6.45, 7) is 0.699. The number of anilines is 1. The second kappa shape index (κ2) is 6.61. The Hall–Kier alpha value is -1.84. The van der Waals surface area contributed by atoms with E-state index < -0.39 is 0 Å². The first-order valence-corrected chi connectivity index (χ1v) is 4.70. The maximum Gasteiger partial charge on any atom is 0.218 e. The molecule has 0 aromatic carbocycles. The van der Waals surface area contributed by atoms with E-state index in [-0.39, 0.29) is 0 Å². The summed E-state index contributed by atoms with van der Waals surface area (Å²) in [6, 6.07) is 1.59. The zero-order chi connectivity index (χ0) is 11.8. The molecule has 0 aliphatic heterocycles. The largest absolute Gasteiger partial charge is 0.477 e. The van der Waals surface area contributed by atoms with E-state index in [1.807, 2.05) is 0 Å². The first-order chi connectivity index (χ1) is 7.80. The fourth-order valence-electron chi connectivity index (χ4n) is 1.03. The Bertz CT molecular complexity index is 376. The third-order valence-corrected chi connectivity index (χ3v) is 1.67. The van der Waals surface area contributed by atoms with Crippen LogP contribution in [0.4, 0.5) is 5.82 Å². The number of nitrogens with two attached hydrogens (primary N) is 1. The first-order valence-electron chi connectivity index (χ1n) is 4.70. The van der Waals surface area contributed by atoms with Crippen molar-refractivity contribution in [1.82, 2.24) is 9.97 Å². The van der Waals surface area contributed by atoms with Gasteiger partial charge in [0, 0.05) is 19.6 Å². The zero-order valence-electron chi connectivity index (χ0n) is 9.06. The Morgan fingerprint density at radius 3 is 3.00 bits per heavy atom. The number of rotatable bonds is 6. The lowest BCUT2D eigenvalue weighted by Gasteiger charge is -2.07. The van der Waals surface area contributed by atoms with E-state index in [1.165, 1.54) is 0 Å². The molecule has 1 aromatic heterocycles. The second-order valence-corrected chi connectivity index (χ2v) is 2.89. The Morgan fingerprint density at radius 1 is 1.56 bits per heavy atom. The summed E-state index contributed by atoms with van der Waals surface area (Å²) in [5.41, 5.74) is 2.43. The van der Waals surface area contributed by atoms with Crippen molar-refractivity contribution in [3.8, 4) is 18.2 Å². The summed E-state index contributed by atoms with van der Waals surface area (Å²) < 4.78 is 10.3. The Balaban J connectivity index is 2.74. The van der Waals surface area contributed by atoms with Crippen molar-refractivity contribution < 1.29 is 9.47 Å². The number of hydrogen-bond donors (Lipinski definition) is 2. The molecule has 86 valence electrons. The van der Waals surface area contributed by atoms with Crippen LogP contribution >= 0.6 is 0 Å². The quantitative estimate of drug-likeness (QED) is 0.312. The number of nitrogens with zero attached hydrogens (tertiary/aromatic N) is 2. The van der Waals surface area contributed by atoms with Gasteiger partial charge in [0.15, 0.2) is 5.82 Å². The van der Waals surface area contributed by atoms with Gasteiger partial charge in [0.05, 0.1) is 0 Å². The van der Waals surface area contributed by atoms with Crippen LogP contribution in [0.5, 0.6) is 5.88 Å². The van der Waals surface area contributed by atoms with Crippen molar-refractivity contribution >= 4 is 5.82 Å². The standard InChI is InChI=1S/C10H14N4O2/c1-3-4-5-16-10-6-8(14-11)12-9(13-10)7-15-2/h1,6H,4-5,7,11H2,2H3,(H,12,13,14). The lowest BCUT2D eigenvalue weighted by atomic mass is 10.5. The number of methoxy groups -OCH3 is 1. The monoisotopic (exact) mass is 222 g/mol. The van der Waals surface area contributed by atoms with Crippen LogP contribution in [-0.2, 0) is 11.3 Å². The van der Waals surface area contributed by atoms with Crippen LogP contribution in [0.1, 0.15) is 12.2 Å². The molecule has 1 heterocycles. The maximum absolute atomic E-state index is 5.33. The molecule has 0 bridgehead atoms. The fourth-order valence-corrected chi connectivity index (χ4v) is 1.03. The molecule has 0 radical (unpaired) electrons. The highest BCUT2D eigenvalue weighted by atomic mass is 16.5. The highest BCUT2D eigenvalue weighted by Crippen LogP contribution is 2.13. The highest BCUT2D eigenvalue weighted by molar-refractivity contribution is 5.36. The van der Waals surface area contributed by atoms with E-state index in [0.29, 0.717) is 37.2 Å². The number of hydrazine groups is 1. The van der Waals surface area contributed by atoms with E-state index in [0.717, 1.165) is 0 Å². The van der Waals surface area contributed by atoms with Crippen LogP contribution in [-0.4, -0.2) is 23.7 Å². The molecule has 16 heavy (non-hydrogen) atoms. The maximum atomic E-state index is 5.33. The number of terminal acetylenes is 1. The van der Waals surface area contributed by atoms with Crippen LogP contribution in [0.15, 0.2) is 6.07 Å². The molecule has 1 rings (SSSR count). The second-order valence-electron chi connectivity index (χ2n) is 2.89. The summed E-state index contributed by atoms with van der Waals surface area (Å²) >= 11 is 0. The molecular weight excluding hydrogens is 208 g/mol. The minimum atomic E-state index is 0.293. The number of nitrogens with one attached hydrogen (secondary N) is 1. The smallest absolute Gasteiger partial charge is 0.218 e. The normalized spacial score (nSPS) is 9.56. The predicted octanol–water partition coefficient (Wildman–Crippen LogP) is 0.311.